The molecule has 0 aromatic carbocycles. The first-order valence-electron chi connectivity index (χ1n) is 17.2. The Bertz CT molecular complexity index is 759. The summed E-state index contributed by atoms with van der Waals surface area (Å²) in [5.41, 5.74) is 0. The van der Waals surface area contributed by atoms with Crippen LogP contribution in [0.4, 0.5) is 0 Å². The maximum Gasteiger partial charge on any atom is 0.306 e. The van der Waals surface area contributed by atoms with Crippen molar-refractivity contribution in [2.24, 2.45) is 0 Å². The number of allylic oxidation sites excluding steroid dienone is 10. The van der Waals surface area contributed by atoms with Gasteiger partial charge in [0, 0.05) is 12.8 Å². The zero-order chi connectivity index (χ0) is 30.8. The van der Waals surface area contributed by atoms with Crippen LogP contribution in [0.25, 0.3) is 0 Å². The number of hydrogen-bond donors (Lipinski definition) is 1. The van der Waals surface area contributed by atoms with Crippen LogP contribution >= 0.6 is 0 Å². The van der Waals surface area contributed by atoms with E-state index in [-0.39, 0.29) is 12.1 Å². The lowest BCUT2D eigenvalue weighted by Gasteiger charge is -2.13. The van der Waals surface area contributed by atoms with Crippen LogP contribution in [0.3, 0.4) is 0 Å². The highest BCUT2D eigenvalue weighted by Gasteiger charge is 2.09. The van der Waals surface area contributed by atoms with E-state index >= 15 is 0 Å². The Kier molecular flexibility index (Phi) is 31.3. The number of rotatable bonds is 30. The SMILES string of the molecule is CC/C=C\C/C=C\C/C=C\C/C=C\C/C=C\CCCCCC(=O)OC(C)CCCCCCCCCCCCCC(=O)O. The van der Waals surface area contributed by atoms with Crippen LogP contribution in [0.1, 0.15) is 162 Å². The summed E-state index contributed by atoms with van der Waals surface area (Å²) in [4.78, 5) is 22.6. The standard InChI is InChI=1S/C38H64O4/c1-3-4-5-6-7-8-9-10-11-12-13-14-15-16-20-23-26-29-32-35-38(41)42-36(2)33-30-27-24-21-18-17-19-22-25-28-31-34-37(39)40/h4-5,7-8,10-11,13-14,16,20,36H,3,6,9,12,15,17-19,21-35H2,1-2H3,(H,39,40)/b5-4-,8-7-,11-10-,14-13-,20-16-. The maximum absolute atomic E-state index is 12.1. The molecule has 1 N–H and O–H groups in total. The fourth-order valence-corrected chi connectivity index (χ4v) is 4.72. The van der Waals surface area contributed by atoms with Gasteiger partial charge in [0.15, 0.2) is 0 Å². The summed E-state index contributed by atoms with van der Waals surface area (Å²) in [7, 11) is 0. The monoisotopic (exact) mass is 584 g/mol. The van der Waals surface area contributed by atoms with Crippen LogP contribution in [0.2, 0.25) is 0 Å². The molecule has 0 aliphatic heterocycles. The van der Waals surface area contributed by atoms with E-state index in [0.717, 1.165) is 89.9 Å². The number of ether oxygens (including phenoxy) is 1. The van der Waals surface area contributed by atoms with Gasteiger partial charge in [0.05, 0.1) is 6.10 Å². The quantitative estimate of drug-likeness (QED) is 0.0518. The highest BCUT2D eigenvalue weighted by Crippen LogP contribution is 2.14. The molecule has 0 bridgehead atoms. The van der Waals surface area contributed by atoms with Crippen molar-refractivity contribution >= 4 is 11.9 Å². The summed E-state index contributed by atoms with van der Waals surface area (Å²) >= 11 is 0. The van der Waals surface area contributed by atoms with Crippen LogP contribution in [0.15, 0.2) is 60.8 Å². The van der Waals surface area contributed by atoms with E-state index in [1.807, 2.05) is 6.92 Å². The number of esters is 1. The molecule has 0 radical (unpaired) electrons. The van der Waals surface area contributed by atoms with Crippen molar-refractivity contribution in [1.82, 2.24) is 0 Å². The molecule has 1 atom stereocenters. The molecule has 0 heterocycles. The lowest BCUT2D eigenvalue weighted by atomic mass is 10.0. The van der Waals surface area contributed by atoms with E-state index in [4.69, 9.17) is 9.84 Å². The number of aliphatic carboxylic acids is 1. The van der Waals surface area contributed by atoms with Crippen molar-refractivity contribution in [1.29, 1.82) is 0 Å². The number of carbonyl (C=O) groups is 2. The summed E-state index contributed by atoms with van der Waals surface area (Å²) in [5.74, 6) is -0.720. The minimum Gasteiger partial charge on any atom is -0.481 e. The van der Waals surface area contributed by atoms with E-state index in [2.05, 4.69) is 67.7 Å². The predicted octanol–water partition coefficient (Wildman–Crippen LogP) is 11.8. The van der Waals surface area contributed by atoms with Crippen LogP contribution < -0.4 is 0 Å². The number of carboxylic acid groups (broad SMARTS) is 1. The van der Waals surface area contributed by atoms with Gasteiger partial charge in [-0.3, -0.25) is 9.59 Å². The lowest BCUT2D eigenvalue weighted by molar-refractivity contribution is -0.148. The molecule has 4 nitrogen and oxygen atoms in total. The Morgan fingerprint density at radius 2 is 0.952 bits per heavy atom. The van der Waals surface area contributed by atoms with Crippen LogP contribution in [0, 0.1) is 0 Å². The summed E-state index contributed by atoms with van der Waals surface area (Å²) in [6, 6.07) is 0. The Morgan fingerprint density at radius 3 is 1.45 bits per heavy atom. The fraction of sp³-hybridized carbons (Fsp3) is 0.684. The number of unbranched alkanes of at least 4 members (excludes halogenated alkanes) is 13. The van der Waals surface area contributed by atoms with E-state index in [0.29, 0.717) is 12.8 Å². The molecular formula is C38H64O4. The van der Waals surface area contributed by atoms with Gasteiger partial charge in [-0.1, -0.05) is 132 Å². The average molecular weight is 585 g/mol. The van der Waals surface area contributed by atoms with Crippen molar-refractivity contribution in [2.75, 3.05) is 0 Å². The molecule has 0 saturated heterocycles. The molecule has 0 aromatic heterocycles. The van der Waals surface area contributed by atoms with Gasteiger partial charge in [-0.15, -0.1) is 0 Å². The van der Waals surface area contributed by atoms with Crippen molar-refractivity contribution in [3.05, 3.63) is 60.8 Å². The first kappa shape index (κ1) is 39.6. The van der Waals surface area contributed by atoms with Crippen LogP contribution in [-0.2, 0) is 14.3 Å². The second-order valence-electron chi connectivity index (χ2n) is 11.4. The molecule has 0 fully saturated rings. The minimum atomic E-state index is -0.679. The van der Waals surface area contributed by atoms with Gasteiger partial charge in [-0.25, -0.2) is 0 Å². The Balaban J connectivity index is 3.47. The lowest BCUT2D eigenvalue weighted by Crippen LogP contribution is -2.14. The first-order chi connectivity index (χ1) is 20.6. The summed E-state index contributed by atoms with van der Waals surface area (Å²) < 4.78 is 5.60. The molecule has 42 heavy (non-hydrogen) atoms. The second kappa shape index (κ2) is 33.1. The van der Waals surface area contributed by atoms with Gasteiger partial charge < -0.3 is 9.84 Å². The van der Waals surface area contributed by atoms with Crippen LogP contribution in [0.5, 0.6) is 0 Å². The molecular weight excluding hydrogens is 520 g/mol. The smallest absolute Gasteiger partial charge is 0.306 e. The van der Waals surface area contributed by atoms with Gasteiger partial charge >= 0.3 is 11.9 Å². The van der Waals surface area contributed by atoms with E-state index in [9.17, 15) is 9.59 Å². The van der Waals surface area contributed by atoms with E-state index in [1.54, 1.807) is 0 Å². The topological polar surface area (TPSA) is 63.6 Å². The maximum atomic E-state index is 12.1. The Morgan fingerprint density at radius 1 is 0.548 bits per heavy atom. The third-order valence-electron chi connectivity index (χ3n) is 7.24. The van der Waals surface area contributed by atoms with E-state index < -0.39 is 5.97 Å². The van der Waals surface area contributed by atoms with Gasteiger partial charge in [0.1, 0.15) is 0 Å². The van der Waals surface area contributed by atoms with Crippen molar-refractivity contribution in [3.63, 3.8) is 0 Å². The minimum absolute atomic E-state index is 0.0277. The summed E-state index contributed by atoms with van der Waals surface area (Å²) in [5, 5.41) is 8.63. The zero-order valence-electron chi connectivity index (χ0n) is 27.3. The molecule has 4 heteroatoms. The molecule has 1 unspecified atom stereocenters. The number of carbonyl (C=O) groups excluding carboxylic acids is 1. The van der Waals surface area contributed by atoms with Gasteiger partial charge in [-0.05, 0) is 77.6 Å². The van der Waals surface area contributed by atoms with Crippen molar-refractivity contribution in [3.8, 4) is 0 Å². The predicted molar refractivity (Wildman–Crippen MR) is 181 cm³/mol. The zero-order valence-corrected chi connectivity index (χ0v) is 27.3. The van der Waals surface area contributed by atoms with Crippen LogP contribution in [-0.4, -0.2) is 23.1 Å². The molecule has 0 saturated carbocycles. The molecule has 0 rings (SSSR count). The summed E-state index contributed by atoms with van der Waals surface area (Å²) in [6.45, 7) is 4.18. The average Bonchev–Trinajstić information content (AvgIpc) is 2.96. The Labute approximate surface area is 259 Å². The first-order valence-corrected chi connectivity index (χ1v) is 17.2. The molecule has 240 valence electrons. The highest BCUT2D eigenvalue weighted by molar-refractivity contribution is 5.69. The largest absolute Gasteiger partial charge is 0.481 e. The number of carboxylic acids is 1. The number of hydrogen-bond acceptors (Lipinski definition) is 3. The van der Waals surface area contributed by atoms with Crippen molar-refractivity contribution < 1.29 is 19.4 Å². The molecule has 0 aliphatic carbocycles. The third-order valence-corrected chi connectivity index (χ3v) is 7.24. The summed E-state index contributed by atoms with van der Waals surface area (Å²) in [6.07, 6.45) is 46.4. The molecule has 0 amide bonds. The molecule has 0 aromatic rings. The molecule has 0 spiro atoms. The van der Waals surface area contributed by atoms with Gasteiger partial charge in [0.25, 0.3) is 0 Å². The van der Waals surface area contributed by atoms with Gasteiger partial charge in [-0.2, -0.15) is 0 Å². The van der Waals surface area contributed by atoms with Crippen molar-refractivity contribution in [2.45, 2.75) is 168 Å². The third kappa shape index (κ3) is 33.8. The van der Waals surface area contributed by atoms with E-state index in [1.165, 1.54) is 44.9 Å². The van der Waals surface area contributed by atoms with Gasteiger partial charge in [0.2, 0.25) is 0 Å². The normalized spacial score (nSPS) is 13.0. The molecule has 0 aliphatic rings. The highest BCUT2D eigenvalue weighted by atomic mass is 16.5. The second-order valence-corrected chi connectivity index (χ2v) is 11.4. The fourth-order valence-electron chi connectivity index (χ4n) is 4.72. The Hall–Kier alpha value is -2.36.